The Kier molecular flexibility index (Phi) is 16.2. The molecule has 0 aromatic carbocycles. The predicted octanol–water partition coefficient (Wildman–Crippen LogP) is -0.605. The maximum absolute atomic E-state index is 2.32. The predicted molar refractivity (Wildman–Crippen MR) is 105 cm³/mol. The Morgan fingerprint density at radius 1 is 0.630 bits per heavy atom. The highest BCUT2D eigenvalue weighted by Gasteiger charge is 2.04. The van der Waals surface area contributed by atoms with E-state index in [-0.39, 0.29) is 41.0 Å². The first-order chi connectivity index (χ1) is 12.3. The van der Waals surface area contributed by atoms with Crippen LogP contribution in [0, 0.1) is 0 Å². The fourth-order valence-corrected chi connectivity index (χ4v) is 3.27. The van der Waals surface area contributed by atoms with E-state index in [0.29, 0.717) is 0 Å². The molecule has 0 radical (unpaired) electrons. The molecule has 152 valence electrons. The smallest absolute Gasteiger partial charge is 0.169 e. The molecule has 2 aromatic rings. The minimum absolute atomic E-state index is 0. The number of aromatic nitrogens is 2. The van der Waals surface area contributed by atoms with Crippen LogP contribution in [0.3, 0.4) is 0 Å². The maximum Gasteiger partial charge on any atom is 0.169 e. The summed E-state index contributed by atoms with van der Waals surface area (Å²) < 4.78 is 4.38. The standard InChI is InChI=1S/C23H36N2.BrH.HI/c1-3-4-5-6-7-8-9-10-11-12-17-25-20-15-23(16-21-25)22-13-18-24(2)19-14-22;;/h13-16,18-21H,3-12,17H2,1-2H3;2*1H/q+2;;/p-2. The van der Waals surface area contributed by atoms with E-state index in [2.05, 4.69) is 72.2 Å². The summed E-state index contributed by atoms with van der Waals surface area (Å²) in [5.41, 5.74) is 2.57. The van der Waals surface area contributed by atoms with E-state index in [9.17, 15) is 0 Å². The Labute approximate surface area is 194 Å². The third-order valence-corrected chi connectivity index (χ3v) is 4.97. The Morgan fingerprint density at radius 3 is 1.52 bits per heavy atom. The van der Waals surface area contributed by atoms with E-state index in [1.54, 1.807) is 0 Å². The van der Waals surface area contributed by atoms with Crippen LogP contribution in [0.5, 0.6) is 0 Å². The largest absolute Gasteiger partial charge is 1.00 e. The zero-order valence-corrected chi connectivity index (χ0v) is 20.8. The molecule has 2 aromatic heterocycles. The van der Waals surface area contributed by atoms with Crippen molar-refractivity contribution in [2.45, 2.75) is 77.7 Å². The van der Waals surface area contributed by atoms with E-state index in [0.717, 1.165) is 6.54 Å². The van der Waals surface area contributed by atoms with Gasteiger partial charge in [0.25, 0.3) is 0 Å². The number of halogens is 2. The second kappa shape index (κ2) is 16.5. The minimum atomic E-state index is 0. The van der Waals surface area contributed by atoms with Crippen molar-refractivity contribution in [2.24, 2.45) is 7.05 Å². The molecule has 0 spiro atoms. The van der Waals surface area contributed by atoms with Crippen LogP contribution >= 0.6 is 0 Å². The van der Waals surface area contributed by atoms with Gasteiger partial charge < -0.3 is 41.0 Å². The Bertz CT molecular complexity index is 584. The quantitative estimate of drug-likeness (QED) is 0.191. The number of hydrogen-bond donors (Lipinski definition) is 0. The SMILES string of the molecule is CCCCCCCCCCCC[n+]1ccc(-c2cc[n+](C)cc2)cc1.[Br-].[I-]. The fraction of sp³-hybridized carbons (Fsp3) is 0.565. The third-order valence-electron chi connectivity index (χ3n) is 4.97. The highest BCUT2D eigenvalue weighted by atomic mass is 127. The van der Waals surface area contributed by atoms with E-state index < -0.39 is 0 Å². The van der Waals surface area contributed by atoms with Crippen LogP contribution in [0.4, 0.5) is 0 Å². The third kappa shape index (κ3) is 11.2. The Hall–Kier alpha value is -0.490. The number of aryl methyl sites for hydroxylation is 2. The summed E-state index contributed by atoms with van der Waals surface area (Å²) in [6.45, 7) is 3.42. The lowest BCUT2D eigenvalue weighted by atomic mass is 10.1. The lowest BCUT2D eigenvalue weighted by Gasteiger charge is -2.02. The summed E-state index contributed by atoms with van der Waals surface area (Å²) in [5, 5.41) is 0. The van der Waals surface area contributed by atoms with Crippen LogP contribution in [0.1, 0.15) is 71.1 Å². The van der Waals surface area contributed by atoms with E-state index in [1.165, 1.54) is 75.3 Å². The molecule has 0 fully saturated rings. The summed E-state index contributed by atoms with van der Waals surface area (Å²) in [4.78, 5) is 0. The van der Waals surface area contributed by atoms with Gasteiger partial charge in [-0.3, -0.25) is 0 Å². The van der Waals surface area contributed by atoms with Gasteiger partial charge in [0.2, 0.25) is 0 Å². The van der Waals surface area contributed by atoms with Gasteiger partial charge in [0.1, 0.15) is 13.6 Å². The molecule has 0 aliphatic heterocycles. The zero-order chi connectivity index (χ0) is 17.7. The second-order valence-corrected chi connectivity index (χ2v) is 7.26. The van der Waals surface area contributed by atoms with Gasteiger partial charge in [-0.2, -0.15) is 0 Å². The molecule has 4 heteroatoms. The lowest BCUT2D eigenvalue weighted by Crippen LogP contribution is -3.00. The molecule has 0 N–H and O–H groups in total. The molecule has 2 nitrogen and oxygen atoms in total. The van der Waals surface area contributed by atoms with Crippen molar-refractivity contribution in [1.29, 1.82) is 0 Å². The van der Waals surface area contributed by atoms with E-state index in [1.807, 2.05) is 0 Å². The van der Waals surface area contributed by atoms with Crippen LogP contribution in [-0.4, -0.2) is 0 Å². The molecule has 0 aliphatic rings. The average Bonchev–Trinajstić information content (AvgIpc) is 2.64. The van der Waals surface area contributed by atoms with Gasteiger partial charge >= 0.3 is 0 Å². The van der Waals surface area contributed by atoms with Gasteiger partial charge in [-0.1, -0.05) is 58.3 Å². The molecule has 0 unspecified atom stereocenters. The summed E-state index contributed by atoms with van der Waals surface area (Å²) in [7, 11) is 2.05. The van der Waals surface area contributed by atoms with Gasteiger partial charge in [-0.05, 0) is 17.5 Å². The first kappa shape index (κ1) is 26.5. The minimum Gasteiger partial charge on any atom is -1.00 e. The van der Waals surface area contributed by atoms with Crippen molar-refractivity contribution >= 4 is 0 Å². The molecule has 2 rings (SSSR count). The molecule has 0 amide bonds. The molecular weight excluding hydrogens is 511 g/mol. The van der Waals surface area contributed by atoms with Crippen LogP contribution in [0.25, 0.3) is 11.1 Å². The summed E-state index contributed by atoms with van der Waals surface area (Å²) in [6, 6.07) is 8.79. The Morgan fingerprint density at radius 2 is 1.04 bits per heavy atom. The average molecular weight is 547 g/mol. The molecule has 0 saturated carbocycles. The van der Waals surface area contributed by atoms with Crippen LogP contribution in [0.15, 0.2) is 49.1 Å². The number of nitrogens with zero attached hydrogens (tertiary/aromatic N) is 2. The fourth-order valence-electron chi connectivity index (χ4n) is 3.27. The van der Waals surface area contributed by atoms with Gasteiger partial charge in [0, 0.05) is 30.7 Å². The number of rotatable bonds is 12. The van der Waals surface area contributed by atoms with Crippen molar-refractivity contribution in [1.82, 2.24) is 0 Å². The molecule has 0 bridgehead atoms. The van der Waals surface area contributed by atoms with E-state index >= 15 is 0 Å². The van der Waals surface area contributed by atoms with E-state index in [4.69, 9.17) is 0 Å². The Balaban J connectivity index is 0.00000338. The molecule has 2 heterocycles. The van der Waals surface area contributed by atoms with Crippen LogP contribution < -0.4 is 50.1 Å². The lowest BCUT2D eigenvalue weighted by molar-refractivity contribution is -0.697. The van der Waals surface area contributed by atoms with Crippen molar-refractivity contribution in [2.75, 3.05) is 0 Å². The summed E-state index contributed by atoms with van der Waals surface area (Å²) in [6.07, 6.45) is 22.6. The normalized spacial score (nSPS) is 10.1. The van der Waals surface area contributed by atoms with Crippen molar-refractivity contribution in [3.05, 3.63) is 49.1 Å². The van der Waals surface area contributed by atoms with Crippen molar-refractivity contribution in [3.8, 4) is 11.1 Å². The van der Waals surface area contributed by atoms with Gasteiger partial charge in [-0.25, -0.2) is 9.13 Å². The zero-order valence-electron chi connectivity index (χ0n) is 17.0. The van der Waals surface area contributed by atoms with Crippen LogP contribution in [-0.2, 0) is 13.6 Å². The molecule has 0 aliphatic carbocycles. The number of unbranched alkanes of at least 4 members (excludes halogenated alkanes) is 9. The van der Waals surface area contributed by atoms with Gasteiger partial charge in [-0.15, -0.1) is 0 Å². The van der Waals surface area contributed by atoms with Crippen molar-refractivity contribution < 1.29 is 50.1 Å². The summed E-state index contributed by atoms with van der Waals surface area (Å²) in [5.74, 6) is 0. The second-order valence-electron chi connectivity index (χ2n) is 7.26. The maximum atomic E-state index is 2.32. The molecule has 27 heavy (non-hydrogen) atoms. The van der Waals surface area contributed by atoms with Gasteiger partial charge in [0.05, 0.1) is 0 Å². The highest BCUT2D eigenvalue weighted by Crippen LogP contribution is 2.15. The van der Waals surface area contributed by atoms with Crippen LogP contribution in [0.2, 0.25) is 0 Å². The van der Waals surface area contributed by atoms with Crippen molar-refractivity contribution in [3.63, 3.8) is 0 Å². The first-order valence-electron chi connectivity index (χ1n) is 10.2. The monoisotopic (exact) mass is 546 g/mol. The number of pyridine rings is 2. The molecular formula is C23H36BrIN2. The number of hydrogen-bond acceptors (Lipinski definition) is 0. The topological polar surface area (TPSA) is 7.76 Å². The first-order valence-corrected chi connectivity index (χ1v) is 10.2. The molecule has 0 atom stereocenters. The summed E-state index contributed by atoms with van der Waals surface area (Å²) >= 11 is 0. The highest BCUT2D eigenvalue weighted by molar-refractivity contribution is 5.60. The van der Waals surface area contributed by atoms with Gasteiger partial charge in [0.15, 0.2) is 24.8 Å². The molecule has 0 saturated heterocycles.